The van der Waals surface area contributed by atoms with Gasteiger partial charge in [0.2, 0.25) is 0 Å². The summed E-state index contributed by atoms with van der Waals surface area (Å²) in [6.45, 7) is 0. The van der Waals surface area contributed by atoms with E-state index in [0.29, 0.717) is 5.75 Å². The Morgan fingerprint density at radius 1 is 1.28 bits per heavy atom. The standard InChI is InChI=1S/C9H7ClF3NO3S/c1-17-7-4-2-6(3-5-7)8(10)14-18(15,16)9(11,12)13/h2-5H,1H3/b14-8-. The largest absolute Gasteiger partial charge is 0.518 e. The fraction of sp³-hybridized carbons (Fsp3) is 0.222. The molecule has 0 spiro atoms. The van der Waals surface area contributed by atoms with Crippen molar-refractivity contribution in [2.45, 2.75) is 5.51 Å². The van der Waals surface area contributed by atoms with Gasteiger partial charge in [0.15, 0.2) is 0 Å². The predicted molar refractivity (Wildman–Crippen MR) is 60.4 cm³/mol. The quantitative estimate of drug-likeness (QED) is 0.806. The number of methoxy groups -OCH3 is 1. The molecule has 0 aromatic heterocycles. The second-order valence-corrected chi connectivity index (χ2v) is 4.99. The fourth-order valence-electron chi connectivity index (χ4n) is 0.939. The highest BCUT2D eigenvalue weighted by Gasteiger charge is 2.46. The van der Waals surface area contributed by atoms with Gasteiger partial charge in [0.05, 0.1) is 7.11 Å². The fourth-order valence-corrected chi connectivity index (χ4v) is 1.76. The van der Waals surface area contributed by atoms with Crippen molar-refractivity contribution in [2.24, 2.45) is 4.40 Å². The maximum Gasteiger partial charge on any atom is 0.518 e. The predicted octanol–water partition coefficient (Wildman–Crippen LogP) is 2.53. The maximum absolute atomic E-state index is 12.1. The molecule has 0 aliphatic heterocycles. The molecule has 0 radical (unpaired) electrons. The minimum absolute atomic E-state index is 0.0327. The maximum atomic E-state index is 12.1. The van der Waals surface area contributed by atoms with Crippen molar-refractivity contribution in [2.75, 3.05) is 7.11 Å². The molecule has 18 heavy (non-hydrogen) atoms. The zero-order valence-corrected chi connectivity index (χ0v) is 10.5. The highest BCUT2D eigenvalue weighted by atomic mass is 35.5. The van der Waals surface area contributed by atoms with Crippen LogP contribution in [0.4, 0.5) is 13.2 Å². The zero-order chi connectivity index (χ0) is 14.0. The van der Waals surface area contributed by atoms with Crippen LogP contribution >= 0.6 is 11.6 Å². The highest BCUT2D eigenvalue weighted by Crippen LogP contribution is 2.26. The summed E-state index contributed by atoms with van der Waals surface area (Å²) >= 11 is 5.42. The molecule has 0 heterocycles. The Morgan fingerprint density at radius 3 is 2.17 bits per heavy atom. The van der Waals surface area contributed by atoms with Crippen LogP contribution in [0.1, 0.15) is 5.56 Å². The molecule has 0 fully saturated rings. The minimum Gasteiger partial charge on any atom is -0.497 e. The van der Waals surface area contributed by atoms with E-state index in [-0.39, 0.29) is 5.56 Å². The lowest BCUT2D eigenvalue weighted by molar-refractivity contribution is -0.0435. The lowest BCUT2D eigenvalue weighted by Gasteiger charge is -2.04. The van der Waals surface area contributed by atoms with Crippen molar-refractivity contribution in [3.63, 3.8) is 0 Å². The summed E-state index contributed by atoms with van der Waals surface area (Å²) in [5, 5.41) is -0.769. The van der Waals surface area contributed by atoms with E-state index in [0.717, 1.165) is 0 Å². The Balaban J connectivity index is 3.10. The molecule has 0 aliphatic rings. The van der Waals surface area contributed by atoms with Crippen LogP contribution in [-0.4, -0.2) is 26.2 Å². The van der Waals surface area contributed by atoms with Crippen molar-refractivity contribution in [1.82, 2.24) is 0 Å². The Labute approximate surface area is 106 Å². The SMILES string of the molecule is COc1ccc(/C(Cl)=N/S(=O)(=O)C(F)(F)F)cc1. The summed E-state index contributed by atoms with van der Waals surface area (Å²) in [5.41, 5.74) is -5.44. The molecule has 0 amide bonds. The Hall–Kier alpha value is -1.28. The van der Waals surface area contributed by atoms with Crippen molar-refractivity contribution in [1.29, 1.82) is 0 Å². The van der Waals surface area contributed by atoms with Crippen LogP contribution in [0.3, 0.4) is 0 Å². The average Bonchev–Trinajstić information content (AvgIpc) is 2.27. The van der Waals surface area contributed by atoms with Crippen LogP contribution in [0.2, 0.25) is 0 Å². The van der Waals surface area contributed by atoms with E-state index in [1.54, 1.807) is 0 Å². The minimum atomic E-state index is -5.64. The zero-order valence-electron chi connectivity index (χ0n) is 8.90. The van der Waals surface area contributed by atoms with Crippen LogP contribution in [0.15, 0.2) is 28.7 Å². The summed E-state index contributed by atoms with van der Waals surface area (Å²) in [4.78, 5) is 0. The molecule has 9 heteroatoms. The van der Waals surface area contributed by atoms with E-state index in [9.17, 15) is 21.6 Å². The van der Waals surface area contributed by atoms with E-state index >= 15 is 0 Å². The van der Waals surface area contributed by atoms with Crippen LogP contribution in [0.5, 0.6) is 5.75 Å². The molecule has 100 valence electrons. The molecule has 1 aromatic rings. The van der Waals surface area contributed by atoms with Gasteiger partial charge in [-0.3, -0.25) is 0 Å². The number of hydrogen-bond acceptors (Lipinski definition) is 3. The van der Waals surface area contributed by atoms with E-state index < -0.39 is 20.7 Å². The van der Waals surface area contributed by atoms with Crippen molar-refractivity contribution < 1.29 is 26.3 Å². The van der Waals surface area contributed by atoms with Crippen LogP contribution in [-0.2, 0) is 10.0 Å². The molecule has 1 rings (SSSR count). The van der Waals surface area contributed by atoms with E-state index in [2.05, 4.69) is 4.40 Å². The van der Waals surface area contributed by atoms with Gasteiger partial charge in [-0.15, -0.1) is 4.40 Å². The monoisotopic (exact) mass is 301 g/mol. The number of sulfonamides is 1. The third-order valence-corrected chi connectivity index (χ3v) is 3.23. The number of rotatable bonds is 3. The molecule has 1 aromatic carbocycles. The van der Waals surface area contributed by atoms with Gasteiger partial charge in [-0.1, -0.05) is 11.6 Å². The molecule has 0 bridgehead atoms. The molecular weight excluding hydrogens is 295 g/mol. The first-order chi connectivity index (χ1) is 8.17. The number of halogens is 4. The number of ether oxygens (including phenoxy) is 1. The van der Waals surface area contributed by atoms with E-state index in [1.165, 1.54) is 31.4 Å². The summed E-state index contributed by atoms with van der Waals surface area (Å²) in [6, 6.07) is 5.40. The smallest absolute Gasteiger partial charge is 0.497 e. The highest BCUT2D eigenvalue weighted by molar-refractivity contribution is 7.91. The van der Waals surface area contributed by atoms with Gasteiger partial charge in [0.25, 0.3) is 0 Å². The molecule has 0 aliphatic carbocycles. The molecule has 0 atom stereocenters. The molecular formula is C9H7ClF3NO3S. The van der Waals surface area contributed by atoms with Crippen LogP contribution in [0.25, 0.3) is 0 Å². The second kappa shape index (κ2) is 5.15. The molecule has 0 unspecified atom stereocenters. The first kappa shape index (κ1) is 14.8. The topological polar surface area (TPSA) is 55.7 Å². The lowest BCUT2D eigenvalue weighted by Crippen LogP contribution is -2.21. The van der Waals surface area contributed by atoms with Gasteiger partial charge >= 0.3 is 15.5 Å². The molecule has 4 nitrogen and oxygen atoms in total. The van der Waals surface area contributed by atoms with Gasteiger partial charge in [-0.25, -0.2) is 0 Å². The number of nitrogens with zero attached hydrogens (tertiary/aromatic N) is 1. The van der Waals surface area contributed by atoms with E-state index in [1.807, 2.05) is 0 Å². The van der Waals surface area contributed by atoms with Gasteiger partial charge in [0, 0.05) is 5.56 Å². The van der Waals surface area contributed by atoms with Crippen molar-refractivity contribution >= 4 is 26.8 Å². The molecule has 0 saturated carbocycles. The number of hydrogen-bond donors (Lipinski definition) is 0. The summed E-state index contributed by atoms with van der Waals surface area (Å²) in [7, 11) is -4.23. The third-order valence-electron chi connectivity index (χ3n) is 1.82. The van der Waals surface area contributed by atoms with E-state index in [4.69, 9.17) is 16.3 Å². The van der Waals surface area contributed by atoms with Gasteiger partial charge in [-0.05, 0) is 24.3 Å². The summed E-state index contributed by atoms with van der Waals surface area (Å²) in [6.07, 6.45) is 0. The summed E-state index contributed by atoms with van der Waals surface area (Å²) < 4.78 is 65.0. The normalized spacial score (nSPS) is 13.5. The Kier molecular flexibility index (Phi) is 4.23. The molecule has 0 saturated heterocycles. The second-order valence-electron chi connectivity index (χ2n) is 3.03. The van der Waals surface area contributed by atoms with Crippen LogP contribution < -0.4 is 4.74 Å². The first-order valence-corrected chi connectivity index (χ1v) is 6.20. The van der Waals surface area contributed by atoms with Gasteiger partial charge < -0.3 is 4.74 Å². The van der Waals surface area contributed by atoms with Crippen molar-refractivity contribution in [3.8, 4) is 5.75 Å². The Morgan fingerprint density at radius 2 is 1.78 bits per heavy atom. The summed E-state index contributed by atoms with van der Waals surface area (Å²) in [5.74, 6) is 0.446. The number of alkyl halides is 3. The average molecular weight is 302 g/mol. The third kappa shape index (κ3) is 3.36. The number of benzene rings is 1. The lowest BCUT2D eigenvalue weighted by atomic mass is 10.2. The van der Waals surface area contributed by atoms with Gasteiger partial charge in [-0.2, -0.15) is 21.6 Å². The molecule has 0 N–H and O–H groups in total. The van der Waals surface area contributed by atoms with Gasteiger partial charge in [0.1, 0.15) is 10.9 Å². The van der Waals surface area contributed by atoms with Crippen molar-refractivity contribution in [3.05, 3.63) is 29.8 Å². The Bertz CT molecular complexity index is 551. The first-order valence-electron chi connectivity index (χ1n) is 4.38. The van der Waals surface area contributed by atoms with Crippen LogP contribution in [0, 0.1) is 0 Å².